The highest BCUT2D eigenvalue weighted by Gasteiger charge is 2.26. The third-order valence-electron chi connectivity index (χ3n) is 2.00. The van der Waals surface area contributed by atoms with Crippen molar-refractivity contribution in [1.82, 2.24) is 0 Å². The molecule has 0 bridgehead atoms. The molecule has 3 N–H and O–H groups in total. The topological polar surface area (TPSA) is 102 Å². The number of carboxylic acid groups (broad SMARTS) is 1. The molecule has 5 nitrogen and oxygen atoms in total. The molecule has 6 heteroatoms. The van der Waals surface area contributed by atoms with Crippen molar-refractivity contribution in [3.63, 3.8) is 0 Å². The van der Waals surface area contributed by atoms with Gasteiger partial charge >= 0.3 is 5.97 Å². The zero-order valence-corrected chi connectivity index (χ0v) is 8.72. The highest BCUT2D eigenvalue weighted by atomic mass is 35.5. The van der Waals surface area contributed by atoms with Gasteiger partial charge in [-0.25, -0.2) is 4.79 Å². The van der Waals surface area contributed by atoms with Crippen LogP contribution in [0.3, 0.4) is 0 Å². The number of nitrogens with zero attached hydrogens (tertiary/aromatic N) is 1. The minimum Gasteiger partial charge on any atom is -0.479 e. The van der Waals surface area contributed by atoms with Crippen LogP contribution in [0.4, 0.5) is 0 Å². The summed E-state index contributed by atoms with van der Waals surface area (Å²) >= 11 is 5.72. The minimum absolute atomic E-state index is 0.00983. The van der Waals surface area contributed by atoms with Crippen molar-refractivity contribution in [3.8, 4) is 6.07 Å². The van der Waals surface area contributed by atoms with Gasteiger partial charge in [-0.1, -0.05) is 11.6 Å². The first kappa shape index (κ1) is 12.5. The first-order valence-corrected chi connectivity index (χ1v) is 4.63. The normalized spacial score (nSPS) is 13.9. The van der Waals surface area contributed by atoms with Crippen LogP contribution in [0.2, 0.25) is 5.02 Å². The van der Waals surface area contributed by atoms with E-state index in [1.807, 2.05) is 6.07 Å². The van der Waals surface area contributed by atoms with Crippen molar-refractivity contribution in [3.05, 3.63) is 34.3 Å². The van der Waals surface area contributed by atoms with E-state index < -0.39 is 18.2 Å². The van der Waals surface area contributed by atoms with E-state index in [0.29, 0.717) is 0 Å². The lowest BCUT2D eigenvalue weighted by Crippen LogP contribution is -2.27. The quantitative estimate of drug-likeness (QED) is 0.723. The predicted molar refractivity (Wildman–Crippen MR) is 54.8 cm³/mol. The number of rotatable bonds is 3. The second-order valence-electron chi connectivity index (χ2n) is 3.08. The number of hydrogen-bond donors (Lipinski definition) is 3. The Morgan fingerprint density at radius 1 is 1.44 bits per heavy atom. The lowest BCUT2D eigenvalue weighted by molar-refractivity contribution is -0.153. The molecule has 1 rings (SSSR count). The number of carbonyl (C=O) groups is 1. The lowest BCUT2D eigenvalue weighted by atomic mass is 10.0. The molecule has 0 saturated carbocycles. The van der Waals surface area contributed by atoms with Gasteiger partial charge in [-0.3, -0.25) is 0 Å². The minimum atomic E-state index is -1.98. The highest BCUT2D eigenvalue weighted by Crippen LogP contribution is 2.26. The number of aliphatic carboxylic acids is 1. The lowest BCUT2D eigenvalue weighted by Gasteiger charge is -2.15. The van der Waals surface area contributed by atoms with Crippen LogP contribution in [0.15, 0.2) is 18.2 Å². The van der Waals surface area contributed by atoms with Gasteiger partial charge in [-0.2, -0.15) is 5.26 Å². The van der Waals surface area contributed by atoms with Crippen LogP contribution >= 0.6 is 11.6 Å². The van der Waals surface area contributed by atoms with Crippen molar-refractivity contribution in [2.24, 2.45) is 0 Å². The van der Waals surface area contributed by atoms with Gasteiger partial charge in [0, 0.05) is 10.6 Å². The number of aliphatic hydroxyl groups excluding tert-OH is 2. The van der Waals surface area contributed by atoms with Gasteiger partial charge in [0.1, 0.15) is 6.10 Å². The molecule has 0 radical (unpaired) electrons. The Morgan fingerprint density at radius 3 is 2.56 bits per heavy atom. The van der Waals surface area contributed by atoms with Crippen molar-refractivity contribution in [1.29, 1.82) is 5.26 Å². The Bertz CT molecular complexity index is 455. The largest absolute Gasteiger partial charge is 0.479 e. The molecule has 1 aromatic carbocycles. The molecule has 0 amide bonds. The molecule has 0 saturated heterocycles. The summed E-state index contributed by atoms with van der Waals surface area (Å²) in [6.45, 7) is 0. The zero-order chi connectivity index (χ0) is 12.3. The maximum atomic E-state index is 10.5. The number of halogens is 1. The number of hydrogen-bond acceptors (Lipinski definition) is 4. The van der Waals surface area contributed by atoms with Crippen LogP contribution in [0, 0.1) is 11.3 Å². The number of nitriles is 1. The van der Waals surface area contributed by atoms with E-state index in [4.69, 9.17) is 27.1 Å². The summed E-state index contributed by atoms with van der Waals surface area (Å²) in [5.74, 6) is -1.56. The third kappa shape index (κ3) is 2.49. The SMILES string of the molecule is N#Cc1ccc(Cl)c(C(O)C(O)C(=O)O)c1. The highest BCUT2D eigenvalue weighted by molar-refractivity contribution is 6.31. The summed E-state index contributed by atoms with van der Waals surface area (Å²) in [5, 5.41) is 35.9. The first-order chi connectivity index (χ1) is 7.47. The molecule has 0 aliphatic carbocycles. The summed E-state index contributed by atoms with van der Waals surface area (Å²) < 4.78 is 0. The van der Waals surface area contributed by atoms with Crippen molar-refractivity contribution in [2.75, 3.05) is 0 Å². The Hall–Kier alpha value is -1.61. The molecule has 0 aliphatic heterocycles. The van der Waals surface area contributed by atoms with Crippen molar-refractivity contribution >= 4 is 17.6 Å². The molecule has 0 aliphatic rings. The van der Waals surface area contributed by atoms with E-state index in [1.165, 1.54) is 18.2 Å². The molecular formula is C10H8ClNO4. The van der Waals surface area contributed by atoms with E-state index in [2.05, 4.69) is 0 Å². The van der Waals surface area contributed by atoms with E-state index in [-0.39, 0.29) is 16.1 Å². The standard InChI is InChI=1S/C10H8ClNO4/c11-7-2-1-5(4-12)3-6(7)8(13)9(14)10(15)16/h1-3,8-9,13-14H,(H,15,16). The Kier molecular flexibility index (Phi) is 3.85. The average Bonchev–Trinajstić information content (AvgIpc) is 2.27. The van der Waals surface area contributed by atoms with Crippen LogP contribution in [0.25, 0.3) is 0 Å². The fourth-order valence-electron chi connectivity index (χ4n) is 1.15. The maximum Gasteiger partial charge on any atom is 0.335 e. The fourth-order valence-corrected chi connectivity index (χ4v) is 1.37. The summed E-state index contributed by atoms with van der Waals surface area (Å²) in [6, 6.07) is 5.83. The van der Waals surface area contributed by atoms with Crippen LogP contribution < -0.4 is 0 Å². The number of aliphatic hydroxyl groups is 2. The molecule has 0 heterocycles. The maximum absolute atomic E-state index is 10.5. The fraction of sp³-hybridized carbons (Fsp3) is 0.200. The van der Waals surface area contributed by atoms with Crippen LogP contribution in [0.5, 0.6) is 0 Å². The van der Waals surface area contributed by atoms with Gasteiger partial charge in [0.25, 0.3) is 0 Å². The molecule has 0 fully saturated rings. The van der Waals surface area contributed by atoms with Crippen LogP contribution in [-0.4, -0.2) is 27.4 Å². The van der Waals surface area contributed by atoms with Crippen molar-refractivity contribution in [2.45, 2.75) is 12.2 Å². The second-order valence-corrected chi connectivity index (χ2v) is 3.48. The molecule has 0 aromatic heterocycles. The monoisotopic (exact) mass is 241 g/mol. The molecule has 2 atom stereocenters. The van der Waals surface area contributed by atoms with Gasteiger partial charge in [0.05, 0.1) is 11.6 Å². The summed E-state index contributed by atoms with van der Waals surface area (Å²) in [4.78, 5) is 10.5. The molecule has 2 unspecified atom stereocenters. The van der Waals surface area contributed by atoms with Gasteiger partial charge < -0.3 is 15.3 Å². The predicted octanol–water partition coefficient (Wildman–Crippen LogP) is 0.691. The number of benzene rings is 1. The molecule has 0 spiro atoms. The molecule has 1 aromatic rings. The summed E-state index contributed by atoms with van der Waals surface area (Å²) in [7, 11) is 0. The van der Waals surface area contributed by atoms with Crippen molar-refractivity contribution < 1.29 is 20.1 Å². The third-order valence-corrected chi connectivity index (χ3v) is 2.34. The Balaban J connectivity index is 3.12. The van der Waals surface area contributed by atoms with Crippen LogP contribution in [-0.2, 0) is 4.79 Å². The van der Waals surface area contributed by atoms with Gasteiger partial charge in [-0.15, -0.1) is 0 Å². The second kappa shape index (κ2) is 4.94. The number of carboxylic acids is 1. The zero-order valence-electron chi connectivity index (χ0n) is 7.96. The van der Waals surface area contributed by atoms with Gasteiger partial charge in [0.15, 0.2) is 6.10 Å². The van der Waals surface area contributed by atoms with E-state index in [9.17, 15) is 9.90 Å². The average molecular weight is 242 g/mol. The smallest absolute Gasteiger partial charge is 0.335 e. The molecule has 84 valence electrons. The van der Waals surface area contributed by atoms with E-state index >= 15 is 0 Å². The Morgan fingerprint density at radius 2 is 2.06 bits per heavy atom. The molecular weight excluding hydrogens is 234 g/mol. The molecule has 16 heavy (non-hydrogen) atoms. The first-order valence-electron chi connectivity index (χ1n) is 4.26. The van der Waals surface area contributed by atoms with E-state index in [0.717, 1.165) is 0 Å². The summed E-state index contributed by atoms with van der Waals surface area (Å²) in [5.41, 5.74) is 0.228. The van der Waals surface area contributed by atoms with E-state index in [1.54, 1.807) is 0 Å². The Labute approximate surface area is 96.1 Å². The van der Waals surface area contributed by atoms with Crippen LogP contribution in [0.1, 0.15) is 17.2 Å². The van der Waals surface area contributed by atoms with Gasteiger partial charge in [-0.05, 0) is 18.2 Å². The van der Waals surface area contributed by atoms with Gasteiger partial charge in [0.2, 0.25) is 0 Å². The summed E-state index contributed by atoms with van der Waals surface area (Å²) in [6.07, 6.45) is -3.65.